The zero-order chi connectivity index (χ0) is 24.0. The normalized spacial score (nSPS) is 14.7. The number of halogens is 1. The van der Waals surface area contributed by atoms with Crippen LogP contribution in [0.1, 0.15) is 40.9 Å². The highest BCUT2D eigenvalue weighted by atomic mass is 35.5. The quantitative estimate of drug-likeness (QED) is 0.272. The van der Waals surface area contributed by atoms with Gasteiger partial charge in [-0.05, 0) is 79.1 Å². The van der Waals surface area contributed by atoms with Gasteiger partial charge in [-0.2, -0.15) is 0 Å². The SMILES string of the molecule is O=C(c1cc2ccccc2n1Cc1ccc(Cl)cc1)N1CCC(/C=C/CCc2ccncc2)CC1. The van der Waals surface area contributed by atoms with Gasteiger partial charge in [0, 0.05) is 48.0 Å². The molecule has 4 aromatic rings. The lowest BCUT2D eigenvalue weighted by Gasteiger charge is -2.31. The number of amides is 1. The van der Waals surface area contributed by atoms with Crippen molar-refractivity contribution in [1.29, 1.82) is 0 Å². The summed E-state index contributed by atoms with van der Waals surface area (Å²) in [7, 11) is 0. The number of piperidine rings is 1. The number of pyridine rings is 1. The van der Waals surface area contributed by atoms with E-state index >= 15 is 0 Å². The Morgan fingerprint density at radius 1 is 0.971 bits per heavy atom. The number of benzene rings is 2. The van der Waals surface area contributed by atoms with E-state index in [1.54, 1.807) is 0 Å². The molecular formula is C30H30ClN3O. The second-order valence-corrected chi connectivity index (χ2v) is 9.69. The summed E-state index contributed by atoms with van der Waals surface area (Å²) in [4.78, 5) is 19.7. The monoisotopic (exact) mass is 483 g/mol. The van der Waals surface area contributed by atoms with Crippen LogP contribution >= 0.6 is 11.6 Å². The lowest BCUT2D eigenvalue weighted by atomic mass is 9.95. The number of hydrogen-bond acceptors (Lipinski definition) is 2. The van der Waals surface area contributed by atoms with Gasteiger partial charge in [0.15, 0.2) is 0 Å². The number of nitrogens with zero attached hydrogens (tertiary/aromatic N) is 3. The molecule has 5 rings (SSSR count). The summed E-state index contributed by atoms with van der Waals surface area (Å²) in [5, 5.41) is 1.81. The molecule has 1 saturated heterocycles. The molecule has 4 nitrogen and oxygen atoms in total. The van der Waals surface area contributed by atoms with Gasteiger partial charge in [-0.3, -0.25) is 9.78 Å². The van der Waals surface area contributed by atoms with Crippen molar-refractivity contribution in [3.05, 3.63) is 113 Å². The summed E-state index contributed by atoms with van der Waals surface area (Å²) in [6, 6.07) is 22.3. The highest BCUT2D eigenvalue weighted by molar-refractivity contribution is 6.30. The molecule has 1 fully saturated rings. The van der Waals surface area contributed by atoms with Crippen LogP contribution < -0.4 is 0 Å². The van der Waals surface area contributed by atoms with Gasteiger partial charge in [-0.15, -0.1) is 0 Å². The Morgan fingerprint density at radius 2 is 1.71 bits per heavy atom. The molecule has 2 aromatic heterocycles. The molecule has 1 amide bonds. The van der Waals surface area contributed by atoms with E-state index in [9.17, 15) is 4.79 Å². The molecule has 0 unspecified atom stereocenters. The van der Waals surface area contributed by atoms with E-state index in [1.807, 2.05) is 59.8 Å². The van der Waals surface area contributed by atoms with Crippen LogP contribution in [0.5, 0.6) is 0 Å². The highest BCUT2D eigenvalue weighted by Gasteiger charge is 2.25. The molecule has 0 aliphatic carbocycles. The van der Waals surface area contributed by atoms with E-state index in [4.69, 9.17) is 11.6 Å². The number of aromatic nitrogens is 2. The molecule has 3 heterocycles. The molecule has 178 valence electrons. The number of carbonyl (C=O) groups excluding carboxylic acids is 1. The van der Waals surface area contributed by atoms with Crippen molar-refractivity contribution in [1.82, 2.24) is 14.5 Å². The molecule has 0 saturated carbocycles. The van der Waals surface area contributed by atoms with Gasteiger partial charge >= 0.3 is 0 Å². The molecule has 0 bridgehead atoms. The van der Waals surface area contributed by atoms with Crippen molar-refractivity contribution < 1.29 is 4.79 Å². The van der Waals surface area contributed by atoms with Crippen LogP contribution in [0.15, 0.2) is 91.3 Å². The van der Waals surface area contributed by atoms with Gasteiger partial charge in [0.1, 0.15) is 5.69 Å². The van der Waals surface area contributed by atoms with Crippen molar-refractivity contribution in [3.8, 4) is 0 Å². The summed E-state index contributed by atoms with van der Waals surface area (Å²) in [6.07, 6.45) is 12.4. The zero-order valence-electron chi connectivity index (χ0n) is 19.8. The third kappa shape index (κ3) is 5.66. The fraction of sp³-hybridized carbons (Fsp3) is 0.267. The minimum atomic E-state index is 0.121. The Bertz CT molecular complexity index is 1300. The molecule has 0 atom stereocenters. The van der Waals surface area contributed by atoms with Crippen LogP contribution in [0.25, 0.3) is 10.9 Å². The van der Waals surface area contributed by atoms with Crippen LogP contribution in [0, 0.1) is 5.92 Å². The van der Waals surface area contributed by atoms with E-state index in [0.29, 0.717) is 12.5 Å². The van der Waals surface area contributed by atoms with Crippen LogP contribution in [0.4, 0.5) is 0 Å². The van der Waals surface area contributed by atoms with Gasteiger partial charge in [0.25, 0.3) is 5.91 Å². The van der Waals surface area contributed by atoms with Gasteiger partial charge in [0.2, 0.25) is 0 Å². The number of hydrogen-bond donors (Lipinski definition) is 0. The lowest BCUT2D eigenvalue weighted by Crippen LogP contribution is -2.39. The third-order valence-electron chi connectivity index (χ3n) is 6.87. The Morgan fingerprint density at radius 3 is 2.49 bits per heavy atom. The van der Waals surface area contributed by atoms with Gasteiger partial charge in [0.05, 0.1) is 0 Å². The molecule has 1 aliphatic rings. The average Bonchev–Trinajstić information content (AvgIpc) is 3.27. The van der Waals surface area contributed by atoms with E-state index in [2.05, 4.69) is 46.0 Å². The predicted octanol–water partition coefficient (Wildman–Crippen LogP) is 6.78. The van der Waals surface area contributed by atoms with Crippen molar-refractivity contribution in [2.45, 2.75) is 32.2 Å². The topological polar surface area (TPSA) is 38.1 Å². The molecule has 1 aliphatic heterocycles. The lowest BCUT2D eigenvalue weighted by molar-refractivity contribution is 0.0695. The Labute approximate surface area is 211 Å². The van der Waals surface area contributed by atoms with Gasteiger partial charge in [-0.25, -0.2) is 0 Å². The standard InChI is InChI=1S/C30H30ClN3O/c31-27-11-9-25(10-12-27)22-34-28-8-4-3-7-26(28)21-29(34)30(35)33-19-15-24(16-20-33)6-2-1-5-23-13-17-32-18-14-23/h2-4,6-14,17-18,21,24H,1,5,15-16,19-20,22H2/b6-2+. The first kappa shape index (κ1) is 23.4. The molecule has 0 radical (unpaired) electrons. The third-order valence-corrected chi connectivity index (χ3v) is 7.12. The van der Waals surface area contributed by atoms with Crippen LogP contribution in [-0.4, -0.2) is 33.4 Å². The number of rotatable bonds is 7. The van der Waals surface area contributed by atoms with E-state index in [1.165, 1.54) is 5.56 Å². The maximum Gasteiger partial charge on any atom is 0.270 e. The highest BCUT2D eigenvalue weighted by Crippen LogP contribution is 2.26. The number of aryl methyl sites for hydroxylation is 1. The fourth-order valence-corrected chi connectivity index (χ4v) is 5.00. The molecule has 5 heteroatoms. The molecule has 0 spiro atoms. The predicted molar refractivity (Wildman–Crippen MR) is 143 cm³/mol. The molecule has 0 N–H and O–H groups in total. The maximum absolute atomic E-state index is 13.6. The minimum absolute atomic E-state index is 0.121. The van der Waals surface area contributed by atoms with E-state index < -0.39 is 0 Å². The van der Waals surface area contributed by atoms with Crippen molar-refractivity contribution in [2.24, 2.45) is 5.92 Å². The zero-order valence-corrected chi connectivity index (χ0v) is 20.6. The van der Waals surface area contributed by atoms with Gasteiger partial charge < -0.3 is 9.47 Å². The summed E-state index contributed by atoms with van der Waals surface area (Å²) in [6.45, 7) is 2.23. The number of carbonyl (C=O) groups is 1. The summed E-state index contributed by atoms with van der Waals surface area (Å²) < 4.78 is 2.14. The summed E-state index contributed by atoms with van der Waals surface area (Å²) in [5.41, 5.74) is 4.28. The number of fused-ring (bicyclic) bond motifs is 1. The number of likely N-dealkylation sites (tertiary alicyclic amines) is 1. The Balaban J connectivity index is 1.24. The first-order chi connectivity index (χ1) is 17.2. The summed E-state index contributed by atoms with van der Waals surface area (Å²) in [5.74, 6) is 0.659. The molecule has 35 heavy (non-hydrogen) atoms. The maximum atomic E-state index is 13.6. The number of allylic oxidation sites excluding steroid dienone is 2. The van der Waals surface area contributed by atoms with Gasteiger partial charge in [-0.1, -0.05) is 54.1 Å². The molecular weight excluding hydrogens is 454 g/mol. The second kappa shape index (κ2) is 10.9. The molecule has 2 aromatic carbocycles. The van der Waals surface area contributed by atoms with Crippen LogP contribution in [0.3, 0.4) is 0 Å². The second-order valence-electron chi connectivity index (χ2n) is 9.25. The van der Waals surface area contributed by atoms with Crippen LogP contribution in [-0.2, 0) is 13.0 Å². The smallest absolute Gasteiger partial charge is 0.270 e. The van der Waals surface area contributed by atoms with Crippen LogP contribution in [0.2, 0.25) is 5.02 Å². The van der Waals surface area contributed by atoms with Crippen molar-refractivity contribution in [3.63, 3.8) is 0 Å². The van der Waals surface area contributed by atoms with Crippen molar-refractivity contribution >= 4 is 28.4 Å². The van der Waals surface area contributed by atoms with E-state index in [0.717, 1.165) is 66.0 Å². The Kier molecular flexibility index (Phi) is 7.29. The first-order valence-corrected chi connectivity index (χ1v) is 12.7. The van der Waals surface area contributed by atoms with Crippen molar-refractivity contribution in [2.75, 3.05) is 13.1 Å². The Hall–Kier alpha value is -3.37. The first-order valence-electron chi connectivity index (χ1n) is 12.3. The number of para-hydroxylation sites is 1. The summed E-state index contributed by atoms with van der Waals surface area (Å²) >= 11 is 6.08. The minimum Gasteiger partial charge on any atom is -0.337 e. The fourth-order valence-electron chi connectivity index (χ4n) is 4.88. The van der Waals surface area contributed by atoms with E-state index in [-0.39, 0.29) is 5.91 Å². The largest absolute Gasteiger partial charge is 0.337 e. The average molecular weight is 484 g/mol.